The van der Waals surface area contributed by atoms with Gasteiger partial charge in [-0.3, -0.25) is 14.9 Å². The van der Waals surface area contributed by atoms with Crippen molar-refractivity contribution >= 4 is 28.1 Å². The van der Waals surface area contributed by atoms with Gasteiger partial charge in [-0.05, 0) is 58.1 Å². The fourth-order valence-corrected chi connectivity index (χ4v) is 4.16. The van der Waals surface area contributed by atoms with Crippen molar-refractivity contribution < 1.29 is 19.6 Å². The van der Waals surface area contributed by atoms with Gasteiger partial charge in [0, 0.05) is 44.3 Å². The number of nitro benzene ring substituents is 1. The molecular formula is C29H28N2O5. The van der Waals surface area contributed by atoms with E-state index in [9.17, 15) is 14.9 Å². The first-order valence-electron chi connectivity index (χ1n) is 11.7. The number of carboxylic acid groups (broad SMARTS) is 1. The van der Waals surface area contributed by atoms with E-state index >= 15 is 0 Å². The van der Waals surface area contributed by atoms with E-state index in [1.54, 1.807) is 6.07 Å². The van der Waals surface area contributed by atoms with E-state index in [0.29, 0.717) is 17.5 Å². The third-order valence-corrected chi connectivity index (χ3v) is 6.10. The number of hydrogen-bond acceptors (Lipinski definition) is 5. The Morgan fingerprint density at radius 3 is 2.31 bits per heavy atom. The topological polar surface area (TPSA) is 92.9 Å². The van der Waals surface area contributed by atoms with Gasteiger partial charge in [0.2, 0.25) is 5.75 Å². The van der Waals surface area contributed by atoms with E-state index in [2.05, 4.69) is 0 Å². The van der Waals surface area contributed by atoms with Crippen molar-refractivity contribution in [3.8, 4) is 16.9 Å². The Morgan fingerprint density at radius 2 is 1.64 bits per heavy atom. The molecule has 4 aromatic rings. The highest BCUT2D eigenvalue weighted by atomic mass is 16.6. The molecule has 0 radical (unpaired) electrons. The standard InChI is InChI=1S/C29H28N2O5/c1-30(2)25-12-7-20(8-13-25)15-16-36-29-26(24-11-10-22-5-3-4-6-23(22)19-24)17-21(9-14-28(32)33)18-27(29)31(34)35/h3-8,10-13,17-19H,9,14-16H2,1-2H3,(H,32,33). The third-order valence-electron chi connectivity index (χ3n) is 6.10. The second kappa shape index (κ2) is 10.9. The number of anilines is 1. The summed E-state index contributed by atoms with van der Waals surface area (Å²) in [6.45, 7) is 0.261. The van der Waals surface area contributed by atoms with Gasteiger partial charge in [0.05, 0.1) is 11.5 Å². The number of nitro groups is 1. The van der Waals surface area contributed by atoms with Crippen LogP contribution < -0.4 is 9.64 Å². The van der Waals surface area contributed by atoms with Gasteiger partial charge in [0.1, 0.15) is 0 Å². The van der Waals surface area contributed by atoms with E-state index < -0.39 is 10.9 Å². The normalized spacial score (nSPS) is 10.8. The predicted octanol–water partition coefficient (Wildman–Crippen LogP) is 6.12. The first kappa shape index (κ1) is 24.7. The van der Waals surface area contributed by atoms with Crippen LogP contribution in [0.1, 0.15) is 17.5 Å². The number of rotatable bonds is 10. The summed E-state index contributed by atoms with van der Waals surface area (Å²) in [6, 6.07) is 25.1. The fourth-order valence-electron chi connectivity index (χ4n) is 4.16. The SMILES string of the molecule is CN(C)c1ccc(CCOc2c(-c3ccc4ccccc4c3)cc(CCC(=O)O)cc2[N+](=O)[O-])cc1. The quantitative estimate of drug-likeness (QED) is 0.215. The molecule has 184 valence electrons. The van der Waals surface area contributed by atoms with E-state index in [1.165, 1.54) is 6.07 Å². The molecule has 0 spiro atoms. The third kappa shape index (κ3) is 5.81. The molecule has 0 amide bonds. The van der Waals surface area contributed by atoms with Crippen molar-refractivity contribution in [2.75, 3.05) is 25.6 Å². The maximum absolute atomic E-state index is 12.0. The van der Waals surface area contributed by atoms with Gasteiger partial charge in [0.15, 0.2) is 0 Å². The first-order valence-corrected chi connectivity index (χ1v) is 11.7. The number of aliphatic carboxylic acids is 1. The molecule has 0 bridgehead atoms. The second-order valence-corrected chi connectivity index (χ2v) is 8.86. The Hall–Kier alpha value is -4.39. The summed E-state index contributed by atoms with van der Waals surface area (Å²) >= 11 is 0. The minimum absolute atomic E-state index is 0.114. The summed E-state index contributed by atoms with van der Waals surface area (Å²) in [5.41, 5.74) is 3.93. The summed E-state index contributed by atoms with van der Waals surface area (Å²) < 4.78 is 6.09. The number of benzene rings is 4. The van der Waals surface area contributed by atoms with Gasteiger partial charge >= 0.3 is 11.7 Å². The van der Waals surface area contributed by atoms with Gasteiger partial charge < -0.3 is 14.7 Å². The molecule has 0 heterocycles. The summed E-state index contributed by atoms with van der Waals surface area (Å²) in [7, 11) is 3.96. The lowest BCUT2D eigenvalue weighted by atomic mass is 9.96. The number of fused-ring (bicyclic) bond motifs is 1. The Balaban J connectivity index is 1.70. The molecular weight excluding hydrogens is 456 g/mol. The Morgan fingerprint density at radius 1 is 0.917 bits per heavy atom. The highest BCUT2D eigenvalue weighted by Crippen LogP contribution is 2.40. The van der Waals surface area contributed by atoms with Crippen LogP contribution in [0.15, 0.2) is 78.9 Å². The van der Waals surface area contributed by atoms with E-state index in [1.807, 2.05) is 85.7 Å². The lowest BCUT2D eigenvalue weighted by Gasteiger charge is -2.15. The van der Waals surface area contributed by atoms with Crippen LogP contribution in [0.3, 0.4) is 0 Å². The van der Waals surface area contributed by atoms with Crippen molar-refractivity contribution in [2.24, 2.45) is 0 Å². The van der Waals surface area contributed by atoms with Crippen molar-refractivity contribution in [1.29, 1.82) is 0 Å². The van der Waals surface area contributed by atoms with Gasteiger partial charge in [-0.25, -0.2) is 0 Å². The molecule has 0 saturated carbocycles. The number of carboxylic acids is 1. The summed E-state index contributed by atoms with van der Waals surface area (Å²) in [5, 5.41) is 23.2. The molecule has 4 rings (SSSR count). The number of aryl methyl sites for hydroxylation is 1. The van der Waals surface area contributed by atoms with Gasteiger partial charge in [-0.2, -0.15) is 0 Å². The smallest absolute Gasteiger partial charge is 0.311 e. The van der Waals surface area contributed by atoms with Crippen LogP contribution in [0.4, 0.5) is 11.4 Å². The Bertz CT molecular complexity index is 1400. The van der Waals surface area contributed by atoms with Gasteiger partial charge in [0.25, 0.3) is 0 Å². The average molecular weight is 485 g/mol. The molecule has 0 aliphatic rings. The Labute approximate surface area is 209 Å². The molecule has 0 fully saturated rings. The monoisotopic (exact) mass is 484 g/mol. The zero-order chi connectivity index (χ0) is 25.7. The minimum Gasteiger partial charge on any atom is -0.486 e. The van der Waals surface area contributed by atoms with Crippen LogP contribution in [0, 0.1) is 10.1 Å². The summed E-state index contributed by atoms with van der Waals surface area (Å²) in [6.07, 6.45) is 0.662. The lowest BCUT2D eigenvalue weighted by molar-refractivity contribution is -0.385. The van der Waals surface area contributed by atoms with Crippen LogP contribution in [-0.2, 0) is 17.6 Å². The zero-order valence-corrected chi connectivity index (χ0v) is 20.3. The number of ether oxygens (including phenoxy) is 1. The van der Waals surface area contributed by atoms with Crippen molar-refractivity contribution in [3.05, 3.63) is 100 Å². The van der Waals surface area contributed by atoms with Crippen LogP contribution >= 0.6 is 0 Å². The van der Waals surface area contributed by atoms with Crippen LogP contribution in [0.2, 0.25) is 0 Å². The molecule has 0 aliphatic carbocycles. The molecule has 0 aromatic heterocycles. The number of nitrogens with zero attached hydrogens (tertiary/aromatic N) is 2. The molecule has 0 saturated heterocycles. The van der Waals surface area contributed by atoms with Crippen molar-refractivity contribution in [1.82, 2.24) is 0 Å². The predicted molar refractivity (Wildman–Crippen MR) is 142 cm³/mol. The minimum atomic E-state index is -0.953. The summed E-state index contributed by atoms with van der Waals surface area (Å²) in [4.78, 5) is 24.7. The van der Waals surface area contributed by atoms with Crippen LogP contribution in [0.5, 0.6) is 5.75 Å². The van der Waals surface area contributed by atoms with E-state index in [0.717, 1.165) is 27.6 Å². The second-order valence-electron chi connectivity index (χ2n) is 8.86. The van der Waals surface area contributed by atoms with Crippen LogP contribution in [-0.4, -0.2) is 36.7 Å². The highest BCUT2D eigenvalue weighted by molar-refractivity contribution is 5.89. The molecule has 1 N–H and O–H groups in total. The molecule has 0 unspecified atom stereocenters. The first-order chi connectivity index (χ1) is 17.3. The van der Waals surface area contributed by atoms with E-state index in [-0.39, 0.29) is 30.9 Å². The molecule has 0 aliphatic heterocycles. The highest BCUT2D eigenvalue weighted by Gasteiger charge is 2.23. The molecule has 7 nitrogen and oxygen atoms in total. The molecule has 36 heavy (non-hydrogen) atoms. The Kier molecular flexibility index (Phi) is 7.49. The van der Waals surface area contributed by atoms with E-state index in [4.69, 9.17) is 9.84 Å². The number of carbonyl (C=O) groups is 1. The fraction of sp³-hybridized carbons (Fsp3) is 0.207. The largest absolute Gasteiger partial charge is 0.486 e. The zero-order valence-electron chi connectivity index (χ0n) is 20.3. The maximum Gasteiger partial charge on any atom is 0.311 e. The van der Waals surface area contributed by atoms with Crippen molar-refractivity contribution in [3.63, 3.8) is 0 Å². The maximum atomic E-state index is 12.0. The number of hydrogen-bond donors (Lipinski definition) is 1. The molecule has 4 aromatic carbocycles. The van der Waals surface area contributed by atoms with Gasteiger partial charge in [-0.1, -0.05) is 48.5 Å². The average Bonchev–Trinajstić information content (AvgIpc) is 2.87. The van der Waals surface area contributed by atoms with Gasteiger partial charge in [-0.15, -0.1) is 0 Å². The summed E-state index contributed by atoms with van der Waals surface area (Å²) in [5.74, 6) is -0.759. The molecule has 0 atom stereocenters. The van der Waals surface area contributed by atoms with Crippen LogP contribution in [0.25, 0.3) is 21.9 Å². The molecule has 7 heteroatoms. The lowest BCUT2D eigenvalue weighted by Crippen LogP contribution is -2.09. The van der Waals surface area contributed by atoms with Crippen molar-refractivity contribution in [2.45, 2.75) is 19.3 Å².